The number of thioether (sulfide) groups is 1. The summed E-state index contributed by atoms with van der Waals surface area (Å²) in [6, 6.07) is 0. The topological polar surface area (TPSA) is 80.3 Å². The minimum atomic E-state index is -3.97. The third-order valence-electron chi connectivity index (χ3n) is 2.44. The van der Waals surface area contributed by atoms with Gasteiger partial charge in [0.15, 0.2) is 0 Å². The second-order valence-corrected chi connectivity index (χ2v) is 13.7. The molecule has 0 unspecified atom stereocenters. The van der Waals surface area contributed by atoms with Crippen LogP contribution in [0, 0.1) is 0 Å². The van der Waals surface area contributed by atoms with Gasteiger partial charge in [-0.05, 0) is 86.3 Å². The molecule has 0 heterocycles. The summed E-state index contributed by atoms with van der Waals surface area (Å²) < 4.78 is 54.3. The van der Waals surface area contributed by atoms with Crippen LogP contribution in [0.1, 0.15) is 62.3 Å². The highest BCUT2D eigenvalue weighted by molar-refractivity contribution is 8.29. The average molecular weight is 465 g/mol. The summed E-state index contributed by atoms with van der Waals surface area (Å²) in [5, 5.41) is 0. The third kappa shape index (κ3) is 10.2. The number of hydrogen-bond acceptors (Lipinski definition) is 9. The minimum absolute atomic E-state index is 0.0716. The molecule has 0 aliphatic carbocycles. The first-order chi connectivity index (χ1) is 12.3. The molecule has 0 bridgehead atoms. The van der Waals surface area contributed by atoms with Crippen LogP contribution in [0.25, 0.3) is 0 Å². The number of thiocarbonyl (C=S) groups is 1. The molecule has 0 aromatic rings. The number of rotatable bonds is 12. The highest BCUT2D eigenvalue weighted by Gasteiger charge is 2.54. The lowest BCUT2D eigenvalue weighted by Gasteiger charge is -2.34. The summed E-state index contributed by atoms with van der Waals surface area (Å²) >= 11 is 6.03. The van der Waals surface area contributed by atoms with Crippen LogP contribution in [-0.4, -0.2) is 40.1 Å². The largest absolute Gasteiger partial charge is 0.479 e. The Hall–Kier alpha value is 0.540. The normalized spacial score (nSPS) is 13.4. The monoisotopic (exact) mass is 464 g/mol. The molecule has 0 amide bonds. The van der Waals surface area contributed by atoms with Crippen molar-refractivity contribution in [1.82, 2.24) is 0 Å². The molecular weight excluding hydrogens is 430 g/mol. The molecule has 0 aromatic carbocycles. The summed E-state index contributed by atoms with van der Waals surface area (Å²) in [6.45, 7) is 15.8. The maximum Gasteiger partial charge on any atom is 0.356 e. The summed E-state index contributed by atoms with van der Waals surface area (Å²) in [5.41, 5.74) is 0. The molecule has 7 nitrogen and oxygen atoms in total. The van der Waals surface area contributed by atoms with Crippen LogP contribution in [0.4, 0.5) is 0 Å². The molecule has 0 aromatic heterocycles. The van der Waals surface area contributed by atoms with Gasteiger partial charge in [0.05, 0.1) is 31.0 Å². The predicted octanol–water partition coefficient (Wildman–Crippen LogP) is 6.41. The van der Waals surface area contributed by atoms with Crippen molar-refractivity contribution in [2.75, 3.05) is 6.61 Å². The molecule has 27 heavy (non-hydrogen) atoms. The third-order valence-corrected chi connectivity index (χ3v) is 11.2. The molecule has 11 heteroatoms. The van der Waals surface area contributed by atoms with Crippen LogP contribution in [-0.2, 0) is 32.0 Å². The maximum absolute atomic E-state index is 13.8. The molecule has 0 saturated carbocycles. The molecule has 0 N–H and O–H groups in total. The van der Waals surface area contributed by atoms with Crippen molar-refractivity contribution in [3.05, 3.63) is 0 Å². The lowest BCUT2D eigenvalue weighted by Crippen LogP contribution is -2.22. The molecule has 0 aliphatic rings. The summed E-state index contributed by atoms with van der Waals surface area (Å²) in [7, 11) is -7.94. The SMILES string of the molecule is CCOC(=S)SC(P(=O)(OC(C)C)OC(C)C)P(=O)(OC(C)C)OC(C)C. The fourth-order valence-electron chi connectivity index (χ4n) is 1.97. The molecular formula is C16H34O7P2S2. The molecule has 0 atom stereocenters. The Balaban J connectivity index is 6.30. The first-order valence-corrected chi connectivity index (χ1v) is 13.5. The van der Waals surface area contributed by atoms with Crippen LogP contribution >= 0.6 is 39.2 Å². The predicted molar refractivity (Wildman–Crippen MR) is 116 cm³/mol. The Morgan fingerprint density at radius 2 is 1.07 bits per heavy atom. The molecule has 0 fully saturated rings. The van der Waals surface area contributed by atoms with E-state index < -0.39 is 44.3 Å². The second-order valence-electron chi connectivity index (χ2n) is 6.82. The van der Waals surface area contributed by atoms with E-state index in [-0.39, 0.29) is 4.38 Å². The number of hydrogen-bond donors (Lipinski definition) is 0. The van der Waals surface area contributed by atoms with Crippen molar-refractivity contribution in [3.8, 4) is 0 Å². The lowest BCUT2D eigenvalue weighted by atomic mass is 10.5. The van der Waals surface area contributed by atoms with Gasteiger partial charge in [-0.2, -0.15) is 0 Å². The van der Waals surface area contributed by atoms with Crippen molar-refractivity contribution in [1.29, 1.82) is 0 Å². The van der Waals surface area contributed by atoms with Crippen LogP contribution in [0.5, 0.6) is 0 Å². The quantitative estimate of drug-likeness (QED) is 0.240. The fourth-order valence-corrected chi connectivity index (χ4v) is 10.3. The lowest BCUT2D eigenvalue weighted by molar-refractivity contribution is 0.129. The Morgan fingerprint density at radius 1 is 0.778 bits per heavy atom. The van der Waals surface area contributed by atoms with E-state index in [1.807, 2.05) is 0 Å². The van der Waals surface area contributed by atoms with E-state index in [9.17, 15) is 9.13 Å². The van der Waals surface area contributed by atoms with Gasteiger partial charge in [-0.1, -0.05) is 0 Å². The first-order valence-electron chi connectivity index (χ1n) is 9.02. The minimum Gasteiger partial charge on any atom is -0.479 e. The standard InChI is InChI=1S/C16H34O7P2S2/c1-10-19-15(26)27-16(24(17,20-11(2)3)21-12(4)5)25(18,22-13(6)7)23-14(8)9/h11-14,16H,10H2,1-9H3. The smallest absolute Gasteiger partial charge is 0.356 e. The fraction of sp³-hybridized carbons (Fsp3) is 0.938. The molecule has 162 valence electrons. The summed E-state index contributed by atoms with van der Waals surface area (Å²) in [5.74, 6) is 0. The van der Waals surface area contributed by atoms with Gasteiger partial charge >= 0.3 is 15.2 Å². The average Bonchev–Trinajstić information content (AvgIpc) is 2.40. The van der Waals surface area contributed by atoms with E-state index in [0.29, 0.717) is 6.61 Å². The Labute approximate surface area is 173 Å². The zero-order valence-electron chi connectivity index (χ0n) is 17.7. The van der Waals surface area contributed by atoms with Crippen LogP contribution in [0.15, 0.2) is 0 Å². The molecule has 0 spiro atoms. The van der Waals surface area contributed by atoms with Gasteiger partial charge in [0.25, 0.3) is 0 Å². The van der Waals surface area contributed by atoms with Crippen molar-refractivity contribution in [2.45, 2.75) is 91.5 Å². The van der Waals surface area contributed by atoms with E-state index in [2.05, 4.69) is 0 Å². The van der Waals surface area contributed by atoms with Crippen molar-refractivity contribution in [3.63, 3.8) is 0 Å². The molecule has 0 saturated heterocycles. The van der Waals surface area contributed by atoms with Crippen molar-refractivity contribution >= 4 is 43.6 Å². The Bertz CT molecular complexity index is 487. The number of ether oxygens (including phenoxy) is 1. The van der Waals surface area contributed by atoms with E-state index in [4.69, 9.17) is 35.0 Å². The van der Waals surface area contributed by atoms with E-state index >= 15 is 0 Å². The molecule has 0 aliphatic heterocycles. The van der Waals surface area contributed by atoms with E-state index in [0.717, 1.165) is 11.8 Å². The second kappa shape index (κ2) is 12.3. The van der Waals surface area contributed by atoms with Gasteiger partial charge in [-0.15, -0.1) is 0 Å². The zero-order valence-corrected chi connectivity index (χ0v) is 21.1. The summed E-state index contributed by atoms with van der Waals surface area (Å²) in [6.07, 6.45) is -1.76. The van der Waals surface area contributed by atoms with Gasteiger partial charge < -0.3 is 22.8 Å². The van der Waals surface area contributed by atoms with Crippen molar-refractivity contribution in [2.24, 2.45) is 0 Å². The van der Waals surface area contributed by atoms with Gasteiger partial charge in [-0.25, -0.2) is 0 Å². The Kier molecular flexibility index (Phi) is 12.5. The zero-order chi connectivity index (χ0) is 21.4. The Morgan fingerprint density at radius 3 is 1.30 bits per heavy atom. The van der Waals surface area contributed by atoms with Gasteiger partial charge in [0, 0.05) is 0 Å². The highest BCUT2D eigenvalue weighted by Crippen LogP contribution is 2.75. The van der Waals surface area contributed by atoms with E-state index in [1.54, 1.807) is 62.3 Å². The first kappa shape index (κ1) is 27.5. The van der Waals surface area contributed by atoms with Gasteiger partial charge in [0.2, 0.25) is 9.11 Å². The summed E-state index contributed by atoms with van der Waals surface area (Å²) in [4.78, 5) is 0. The molecule has 0 rings (SSSR count). The van der Waals surface area contributed by atoms with Crippen molar-refractivity contribution < 1.29 is 32.0 Å². The molecule has 0 radical (unpaired) electrons. The van der Waals surface area contributed by atoms with Crippen LogP contribution in [0.3, 0.4) is 0 Å². The maximum atomic E-state index is 13.8. The van der Waals surface area contributed by atoms with Crippen LogP contribution in [0.2, 0.25) is 0 Å². The van der Waals surface area contributed by atoms with Gasteiger partial charge in [-0.3, -0.25) is 9.13 Å². The van der Waals surface area contributed by atoms with Crippen LogP contribution < -0.4 is 0 Å². The highest BCUT2D eigenvalue weighted by atomic mass is 32.2. The van der Waals surface area contributed by atoms with E-state index in [1.165, 1.54) is 0 Å². The van der Waals surface area contributed by atoms with Gasteiger partial charge in [0.1, 0.15) is 0 Å².